The van der Waals surface area contributed by atoms with E-state index in [1.165, 1.54) is 6.07 Å². The molecule has 1 unspecified atom stereocenters. The van der Waals surface area contributed by atoms with Crippen molar-refractivity contribution >= 4 is 11.6 Å². The molecule has 1 aromatic rings. The van der Waals surface area contributed by atoms with E-state index in [9.17, 15) is 9.18 Å². The molecule has 1 aliphatic rings. The molecule has 2 rings (SSSR count). The minimum absolute atomic E-state index is 0.0308. The van der Waals surface area contributed by atoms with Gasteiger partial charge in [-0.2, -0.15) is 0 Å². The van der Waals surface area contributed by atoms with E-state index in [0.717, 1.165) is 12.8 Å². The number of benzene rings is 1. The normalized spacial score (nSPS) is 16.1. The van der Waals surface area contributed by atoms with E-state index in [4.69, 9.17) is 5.73 Å². The van der Waals surface area contributed by atoms with E-state index in [0.29, 0.717) is 11.7 Å². The van der Waals surface area contributed by atoms with Crippen LogP contribution in [0.3, 0.4) is 0 Å². The zero-order valence-electron chi connectivity index (χ0n) is 10.2. The summed E-state index contributed by atoms with van der Waals surface area (Å²) < 4.78 is 13.4. The molecule has 18 heavy (non-hydrogen) atoms. The SMILES string of the molecule is NCC(CC(=O)NC1CC1)Nc1ccccc1F. The molecule has 98 valence electrons. The minimum Gasteiger partial charge on any atom is -0.378 e. The van der Waals surface area contributed by atoms with Crippen LogP contribution in [0.4, 0.5) is 10.1 Å². The second kappa shape index (κ2) is 5.82. The smallest absolute Gasteiger partial charge is 0.222 e. The van der Waals surface area contributed by atoms with Crippen LogP contribution in [0.15, 0.2) is 24.3 Å². The van der Waals surface area contributed by atoms with Crippen LogP contribution in [0, 0.1) is 5.82 Å². The highest BCUT2D eigenvalue weighted by atomic mass is 19.1. The van der Waals surface area contributed by atoms with Gasteiger partial charge in [-0.3, -0.25) is 4.79 Å². The third-order valence-corrected chi connectivity index (χ3v) is 2.89. The summed E-state index contributed by atoms with van der Waals surface area (Å²) in [6.45, 7) is 0.284. The van der Waals surface area contributed by atoms with Crippen molar-refractivity contribution in [3.63, 3.8) is 0 Å². The van der Waals surface area contributed by atoms with Crippen LogP contribution in [0.2, 0.25) is 0 Å². The van der Waals surface area contributed by atoms with Crippen molar-refractivity contribution in [2.24, 2.45) is 5.73 Å². The van der Waals surface area contributed by atoms with E-state index < -0.39 is 0 Å². The minimum atomic E-state index is -0.335. The highest BCUT2D eigenvalue weighted by Gasteiger charge is 2.24. The third-order valence-electron chi connectivity index (χ3n) is 2.89. The van der Waals surface area contributed by atoms with Gasteiger partial charge in [0.2, 0.25) is 5.91 Å². The zero-order valence-corrected chi connectivity index (χ0v) is 10.2. The molecular weight excluding hydrogens is 233 g/mol. The predicted octanol–water partition coefficient (Wildman–Crippen LogP) is 1.23. The molecule has 0 saturated heterocycles. The highest BCUT2D eigenvalue weighted by molar-refractivity contribution is 5.77. The Morgan fingerprint density at radius 2 is 2.17 bits per heavy atom. The van der Waals surface area contributed by atoms with Crippen LogP contribution in [-0.4, -0.2) is 24.5 Å². The number of carbonyl (C=O) groups excluding carboxylic acids is 1. The lowest BCUT2D eigenvalue weighted by molar-refractivity contribution is -0.121. The predicted molar refractivity (Wildman–Crippen MR) is 68.6 cm³/mol. The number of carbonyl (C=O) groups is 1. The lowest BCUT2D eigenvalue weighted by Gasteiger charge is -2.18. The van der Waals surface area contributed by atoms with Gasteiger partial charge in [-0.25, -0.2) is 4.39 Å². The largest absolute Gasteiger partial charge is 0.378 e. The van der Waals surface area contributed by atoms with Gasteiger partial charge >= 0.3 is 0 Å². The molecule has 1 saturated carbocycles. The number of para-hydroxylation sites is 1. The molecule has 0 heterocycles. The maximum Gasteiger partial charge on any atom is 0.222 e. The molecule has 5 heteroatoms. The van der Waals surface area contributed by atoms with Crippen molar-refractivity contribution in [3.8, 4) is 0 Å². The van der Waals surface area contributed by atoms with Gasteiger partial charge in [0.15, 0.2) is 0 Å². The molecule has 1 aliphatic carbocycles. The Kier molecular flexibility index (Phi) is 4.15. The summed E-state index contributed by atoms with van der Waals surface area (Å²) in [7, 11) is 0. The van der Waals surface area contributed by atoms with Gasteiger partial charge < -0.3 is 16.4 Å². The van der Waals surface area contributed by atoms with Crippen molar-refractivity contribution in [2.45, 2.75) is 31.3 Å². The first kappa shape index (κ1) is 12.8. The number of halogens is 1. The number of amides is 1. The van der Waals surface area contributed by atoms with Crippen LogP contribution in [-0.2, 0) is 4.79 Å². The van der Waals surface area contributed by atoms with E-state index in [1.807, 2.05) is 0 Å². The molecule has 0 bridgehead atoms. The van der Waals surface area contributed by atoms with Gasteiger partial charge in [0, 0.05) is 25.0 Å². The summed E-state index contributed by atoms with van der Waals surface area (Å²) in [5.41, 5.74) is 5.98. The first-order valence-electron chi connectivity index (χ1n) is 6.19. The maximum absolute atomic E-state index is 13.4. The Morgan fingerprint density at radius 3 is 2.78 bits per heavy atom. The fourth-order valence-corrected chi connectivity index (χ4v) is 1.73. The topological polar surface area (TPSA) is 67.2 Å². The summed E-state index contributed by atoms with van der Waals surface area (Å²) in [4.78, 5) is 11.6. The number of rotatable bonds is 6. The summed E-state index contributed by atoms with van der Waals surface area (Å²) in [5.74, 6) is -0.365. The molecule has 4 nitrogen and oxygen atoms in total. The molecule has 4 N–H and O–H groups in total. The molecule has 0 spiro atoms. The first-order valence-corrected chi connectivity index (χ1v) is 6.19. The van der Waals surface area contributed by atoms with Gasteiger partial charge in [-0.1, -0.05) is 12.1 Å². The number of nitrogens with two attached hydrogens (primary N) is 1. The quantitative estimate of drug-likeness (QED) is 0.712. The Morgan fingerprint density at radius 1 is 1.44 bits per heavy atom. The second-order valence-electron chi connectivity index (χ2n) is 4.60. The molecule has 1 atom stereocenters. The van der Waals surface area contributed by atoms with Gasteiger partial charge in [0.25, 0.3) is 0 Å². The van der Waals surface area contributed by atoms with Crippen LogP contribution >= 0.6 is 0 Å². The second-order valence-corrected chi connectivity index (χ2v) is 4.60. The van der Waals surface area contributed by atoms with Crippen molar-refractivity contribution in [1.29, 1.82) is 0 Å². The molecule has 1 aromatic carbocycles. The molecule has 1 fully saturated rings. The lowest BCUT2D eigenvalue weighted by Crippen LogP contribution is -2.36. The van der Waals surface area contributed by atoms with Gasteiger partial charge in [0.05, 0.1) is 5.69 Å². The zero-order chi connectivity index (χ0) is 13.0. The monoisotopic (exact) mass is 251 g/mol. The Bertz CT molecular complexity index is 420. The Hall–Kier alpha value is -1.62. The summed E-state index contributed by atoms with van der Waals surface area (Å²) in [5, 5.41) is 5.85. The summed E-state index contributed by atoms with van der Waals surface area (Å²) >= 11 is 0. The van der Waals surface area contributed by atoms with Gasteiger partial charge in [0.1, 0.15) is 5.82 Å². The van der Waals surface area contributed by atoms with Crippen molar-refractivity contribution in [3.05, 3.63) is 30.1 Å². The maximum atomic E-state index is 13.4. The van der Waals surface area contributed by atoms with Gasteiger partial charge in [-0.15, -0.1) is 0 Å². The molecule has 0 aliphatic heterocycles. The Balaban J connectivity index is 1.88. The van der Waals surface area contributed by atoms with Crippen molar-refractivity contribution < 1.29 is 9.18 Å². The molecule has 1 amide bonds. The fraction of sp³-hybridized carbons (Fsp3) is 0.462. The van der Waals surface area contributed by atoms with E-state index in [-0.39, 0.29) is 30.7 Å². The van der Waals surface area contributed by atoms with Crippen molar-refractivity contribution in [1.82, 2.24) is 5.32 Å². The Labute approximate surface area is 106 Å². The average molecular weight is 251 g/mol. The first-order chi connectivity index (χ1) is 8.69. The summed E-state index contributed by atoms with van der Waals surface area (Å²) in [6, 6.07) is 6.46. The number of hydrogen-bond donors (Lipinski definition) is 3. The van der Waals surface area contributed by atoms with E-state index >= 15 is 0 Å². The van der Waals surface area contributed by atoms with E-state index in [1.54, 1.807) is 18.2 Å². The fourth-order valence-electron chi connectivity index (χ4n) is 1.73. The van der Waals surface area contributed by atoms with Crippen LogP contribution in [0.25, 0.3) is 0 Å². The standard InChI is InChI=1S/C13H18FN3O/c14-11-3-1-2-4-12(11)16-10(8-15)7-13(18)17-9-5-6-9/h1-4,9-10,16H,5-8,15H2,(H,17,18). The van der Waals surface area contributed by atoms with Crippen LogP contribution in [0.5, 0.6) is 0 Å². The highest BCUT2D eigenvalue weighted by Crippen LogP contribution is 2.19. The van der Waals surface area contributed by atoms with Crippen LogP contribution in [0.1, 0.15) is 19.3 Å². The number of hydrogen-bond acceptors (Lipinski definition) is 3. The third kappa shape index (κ3) is 3.70. The van der Waals surface area contributed by atoms with E-state index in [2.05, 4.69) is 10.6 Å². The van der Waals surface area contributed by atoms with Crippen molar-refractivity contribution in [2.75, 3.05) is 11.9 Å². The molecule has 0 aromatic heterocycles. The molecular formula is C13H18FN3O. The van der Waals surface area contributed by atoms with Gasteiger partial charge in [-0.05, 0) is 25.0 Å². The number of nitrogens with one attached hydrogen (secondary N) is 2. The molecule has 0 radical (unpaired) electrons. The average Bonchev–Trinajstić information content (AvgIpc) is 3.14. The van der Waals surface area contributed by atoms with Crippen LogP contribution < -0.4 is 16.4 Å². The summed E-state index contributed by atoms with van der Waals surface area (Å²) in [6.07, 6.45) is 2.38. The lowest BCUT2D eigenvalue weighted by atomic mass is 10.1. The number of anilines is 1.